The third kappa shape index (κ3) is 3.28. The van der Waals surface area contributed by atoms with Crippen LogP contribution in [0.25, 0.3) is 0 Å². The Balaban J connectivity index is 4.44. The van der Waals surface area contributed by atoms with E-state index in [-0.39, 0.29) is 5.75 Å². The molecule has 11 heavy (non-hydrogen) atoms. The number of sulfonamides is 1. The molecule has 1 unspecified atom stereocenters. The summed E-state index contributed by atoms with van der Waals surface area (Å²) in [5.41, 5.74) is 0. The molecule has 0 aliphatic rings. The summed E-state index contributed by atoms with van der Waals surface area (Å²) in [4.78, 5) is 0. The van der Waals surface area contributed by atoms with Crippen LogP contribution < -0.4 is 0 Å². The molecule has 0 saturated heterocycles. The molecule has 0 bridgehead atoms. The molecule has 0 aromatic heterocycles. The molecule has 0 radical (unpaired) electrons. The topological polar surface area (TPSA) is 74.7 Å². The molecule has 5 nitrogen and oxygen atoms in total. The largest absolute Gasteiger partial charge is 0.293 e. The van der Waals surface area contributed by atoms with Crippen LogP contribution in [0.2, 0.25) is 0 Å². The first kappa shape index (κ1) is 11.0. The van der Waals surface area contributed by atoms with Crippen LogP contribution >= 0.6 is 0 Å². The van der Waals surface area contributed by atoms with Gasteiger partial charge in [0.1, 0.15) is 0 Å². The zero-order valence-electron chi connectivity index (χ0n) is 6.35. The van der Waals surface area contributed by atoms with E-state index >= 15 is 0 Å². The van der Waals surface area contributed by atoms with Crippen LogP contribution in [-0.4, -0.2) is 33.7 Å². The molecule has 0 saturated carbocycles. The zero-order chi connectivity index (χ0) is 9.07. The molecule has 0 aromatic rings. The summed E-state index contributed by atoms with van der Waals surface area (Å²) in [5.74, 6) is -0.101. The Kier molecular flexibility index (Phi) is 4.16. The van der Waals surface area contributed by atoms with E-state index < -0.39 is 21.3 Å². The van der Waals surface area contributed by atoms with Crippen molar-refractivity contribution in [3.63, 3.8) is 0 Å². The summed E-state index contributed by atoms with van der Waals surface area (Å²) < 4.78 is 41.0. The lowest BCUT2D eigenvalue weighted by Crippen LogP contribution is -2.30. The lowest BCUT2D eigenvalue weighted by Gasteiger charge is -2.10. The van der Waals surface area contributed by atoms with Crippen LogP contribution in [0.3, 0.4) is 0 Å². The van der Waals surface area contributed by atoms with Crippen molar-refractivity contribution in [2.45, 2.75) is 13.3 Å². The lowest BCUT2D eigenvalue weighted by molar-refractivity contribution is 0.504. The van der Waals surface area contributed by atoms with Gasteiger partial charge in [-0.1, -0.05) is 10.6 Å². The highest BCUT2D eigenvalue weighted by Crippen LogP contribution is 2.01. The summed E-state index contributed by atoms with van der Waals surface area (Å²) in [7, 11) is -2.46. The van der Waals surface area contributed by atoms with E-state index in [1.54, 1.807) is 6.92 Å². The number of hydrogen-bond donors (Lipinski definition) is 1. The third-order valence-corrected chi connectivity index (χ3v) is 4.29. The Hall–Kier alpha value is 0.0200. The van der Waals surface area contributed by atoms with Crippen molar-refractivity contribution >= 4 is 21.3 Å². The first-order valence-electron chi connectivity index (χ1n) is 2.99. The molecular formula is C4H11NO4S2. The van der Waals surface area contributed by atoms with Gasteiger partial charge in [-0.05, 0) is 6.42 Å². The average Bonchev–Trinajstić information content (AvgIpc) is 1.86. The highest BCUT2D eigenvalue weighted by molar-refractivity contribution is 7.99. The second-order valence-corrected chi connectivity index (χ2v) is 5.32. The zero-order valence-corrected chi connectivity index (χ0v) is 7.98. The van der Waals surface area contributed by atoms with Crippen molar-refractivity contribution in [1.82, 2.24) is 3.71 Å². The van der Waals surface area contributed by atoms with Gasteiger partial charge < -0.3 is 0 Å². The molecule has 1 N–H and O–H groups in total. The first-order valence-corrected chi connectivity index (χ1v) is 5.66. The fraction of sp³-hybridized carbons (Fsp3) is 1.00. The molecule has 0 aliphatic heterocycles. The molecule has 7 heteroatoms. The summed E-state index contributed by atoms with van der Waals surface area (Å²) >= 11 is -2.44. The molecule has 0 heterocycles. The molecule has 0 fully saturated rings. The minimum absolute atomic E-state index is 0.101. The number of hydrogen-bond acceptors (Lipinski definition) is 3. The van der Waals surface area contributed by atoms with Crippen LogP contribution in [0.4, 0.5) is 0 Å². The van der Waals surface area contributed by atoms with Crippen LogP contribution in [0, 0.1) is 0 Å². The van der Waals surface area contributed by atoms with E-state index in [0.29, 0.717) is 10.1 Å². The summed E-state index contributed by atoms with van der Waals surface area (Å²) in [6, 6.07) is 0. The number of nitrogens with zero attached hydrogens (tertiary/aromatic N) is 1. The molecule has 0 aromatic carbocycles. The van der Waals surface area contributed by atoms with E-state index in [9.17, 15) is 12.6 Å². The second-order valence-electron chi connectivity index (χ2n) is 1.96. The predicted octanol–water partition coefficient (Wildman–Crippen LogP) is -0.205. The smallest absolute Gasteiger partial charge is 0.248 e. The SMILES string of the molecule is CCCS(=O)(=O)N(C)S(=O)O. The fourth-order valence-electron chi connectivity index (χ4n) is 0.484. The van der Waals surface area contributed by atoms with Gasteiger partial charge in [0.2, 0.25) is 21.3 Å². The van der Waals surface area contributed by atoms with Crippen LogP contribution in [0.1, 0.15) is 13.3 Å². The molecule has 1 atom stereocenters. The Labute approximate surface area is 68.9 Å². The maximum absolute atomic E-state index is 10.9. The number of rotatable bonds is 4. The van der Waals surface area contributed by atoms with Crippen LogP contribution in [0.15, 0.2) is 0 Å². The highest BCUT2D eigenvalue weighted by Gasteiger charge is 2.20. The van der Waals surface area contributed by atoms with Gasteiger partial charge in [0.05, 0.1) is 5.75 Å². The fourth-order valence-corrected chi connectivity index (χ4v) is 2.26. The third-order valence-electron chi connectivity index (χ3n) is 1.07. The van der Waals surface area contributed by atoms with E-state index in [1.165, 1.54) is 0 Å². The van der Waals surface area contributed by atoms with Gasteiger partial charge in [0.25, 0.3) is 0 Å². The quantitative estimate of drug-likeness (QED) is 0.639. The summed E-state index contributed by atoms with van der Waals surface area (Å²) in [5, 5.41) is 0. The van der Waals surface area contributed by atoms with Crippen molar-refractivity contribution < 1.29 is 17.2 Å². The molecule has 0 aliphatic carbocycles. The highest BCUT2D eigenvalue weighted by atomic mass is 32.3. The average molecular weight is 201 g/mol. The monoisotopic (exact) mass is 201 g/mol. The Morgan fingerprint density at radius 1 is 1.55 bits per heavy atom. The summed E-state index contributed by atoms with van der Waals surface area (Å²) in [6.45, 7) is 1.69. The van der Waals surface area contributed by atoms with Gasteiger partial charge in [-0.3, -0.25) is 4.55 Å². The normalized spacial score (nSPS) is 15.3. The van der Waals surface area contributed by atoms with E-state index in [0.717, 1.165) is 7.05 Å². The minimum atomic E-state index is -3.53. The molecular weight excluding hydrogens is 190 g/mol. The van der Waals surface area contributed by atoms with Gasteiger partial charge >= 0.3 is 0 Å². The standard InChI is InChI=1S/C4H11NO4S2/c1-3-4-11(8,9)5(2)10(6)7/h3-4H2,1-2H3,(H,6,7). The van der Waals surface area contributed by atoms with Crippen LogP contribution in [0.5, 0.6) is 0 Å². The summed E-state index contributed by atoms with van der Waals surface area (Å²) in [6.07, 6.45) is 0.434. The Bertz CT molecular complexity index is 234. The molecule has 0 spiro atoms. The Morgan fingerprint density at radius 3 is 2.27 bits per heavy atom. The molecule has 0 rings (SSSR count). The predicted molar refractivity (Wildman–Crippen MR) is 42.6 cm³/mol. The van der Waals surface area contributed by atoms with Gasteiger partial charge in [-0.2, -0.15) is 0 Å². The lowest BCUT2D eigenvalue weighted by atomic mass is 10.6. The van der Waals surface area contributed by atoms with Gasteiger partial charge in [-0.25, -0.2) is 12.6 Å². The van der Waals surface area contributed by atoms with E-state index in [2.05, 4.69) is 0 Å². The van der Waals surface area contributed by atoms with E-state index in [1.807, 2.05) is 0 Å². The van der Waals surface area contributed by atoms with Crippen molar-refractivity contribution in [3.8, 4) is 0 Å². The Morgan fingerprint density at radius 2 is 2.00 bits per heavy atom. The van der Waals surface area contributed by atoms with Crippen molar-refractivity contribution in [3.05, 3.63) is 0 Å². The molecule has 0 amide bonds. The molecule has 68 valence electrons. The van der Waals surface area contributed by atoms with Gasteiger partial charge in [0, 0.05) is 7.05 Å². The maximum atomic E-state index is 10.9. The second kappa shape index (κ2) is 4.15. The van der Waals surface area contributed by atoms with Crippen molar-refractivity contribution in [2.24, 2.45) is 0 Å². The van der Waals surface area contributed by atoms with E-state index in [4.69, 9.17) is 4.55 Å². The first-order chi connectivity index (χ1) is 4.91. The van der Waals surface area contributed by atoms with Crippen molar-refractivity contribution in [1.29, 1.82) is 0 Å². The van der Waals surface area contributed by atoms with Gasteiger partial charge in [0.15, 0.2) is 0 Å². The minimum Gasteiger partial charge on any atom is -0.293 e. The van der Waals surface area contributed by atoms with Gasteiger partial charge in [-0.15, -0.1) is 0 Å². The van der Waals surface area contributed by atoms with Crippen molar-refractivity contribution in [2.75, 3.05) is 12.8 Å². The van der Waals surface area contributed by atoms with Crippen LogP contribution in [-0.2, 0) is 21.3 Å². The maximum Gasteiger partial charge on any atom is 0.248 e.